The topological polar surface area (TPSA) is 41.8 Å². The minimum atomic E-state index is 0. The minimum Gasteiger partial charge on any atom is -0.382 e. The van der Waals surface area contributed by atoms with E-state index in [-0.39, 0.29) is 24.0 Å². The molecule has 0 bridgehead atoms. The largest absolute Gasteiger partial charge is 0.382 e. The highest BCUT2D eigenvalue weighted by atomic mass is 127. The predicted octanol–water partition coefficient (Wildman–Crippen LogP) is 3.25. The Bertz CT molecular complexity index is 511. The van der Waals surface area contributed by atoms with Crippen LogP contribution in [0, 0.1) is 5.41 Å². The Hall–Kier alpha value is -0.760. The molecule has 0 aromatic carbocycles. The van der Waals surface area contributed by atoms with E-state index in [9.17, 15) is 0 Å². The summed E-state index contributed by atoms with van der Waals surface area (Å²) >= 11 is 0. The number of hydrogen-bond acceptors (Lipinski definition) is 2. The highest BCUT2D eigenvalue weighted by molar-refractivity contribution is 14.0. The molecule has 0 amide bonds. The number of aromatic nitrogens is 1. The normalized spacial score (nSPS) is 15.8. The molecule has 0 atom stereocenters. The van der Waals surface area contributed by atoms with Gasteiger partial charge in [-0.25, -0.2) is 0 Å². The molecule has 1 N–H and O–H groups in total. The molecule has 2 rings (SSSR count). The maximum absolute atomic E-state index is 5.52. The SMILES string of the molecule is CCNC(=NCC1(CCOCC)CC1)N(C)Cc1cccn1C.I. The zero-order valence-corrected chi connectivity index (χ0v) is 17.9. The standard InChI is InChI=1S/C18H32N4O.HI/c1-5-19-17(22(4)14-16-8-7-12-21(16)3)20-15-18(9-10-18)11-13-23-6-2;/h7-8,12H,5-6,9-11,13-15H2,1-4H3,(H,19,20);1H. The van der Waals surface area contributed by atoms with Crippen molar-refractivity contribution in [2.24, 2.45) is 17.5 Å². The van der Waals surface area contributed by atoms with E-state index in [1.807, 2.05) is 0 Å². The second-order valence-corrected chi connectivity index (χ2v) is 6.58. The van der Waals surface area contributed by atoms with Crippen LogP contribution in [0.5, 0.6) is 0 Å². The summed E-state index contributed by atoms with van der Waals surface area (Å²) in [6, 6.07) is 4.24. The van der Waals surface area contributed by atoms with Crippen molar-refractivity contribution in [2.45, 2.75) is 39.7 Å². The van der Waals surface area contributed by atoms with Gasteiger partial charge in [-0.15, -0.1) is 24.0 Å². The third kappa shape index (κ3) is 6.27. The van der Waals surface area contributed by atoms with Crippen LogP contribution in [0.2, 0.25) is 0 Å². The Labute approximate surface area is 163 Å². The summed E-state index contributed by atoms with van der Waals surface area (Å²) in [5, 5.41) is 3.42. The quantitative estimate of drug-likeness (QED) is 0.273. The van der Waals surface area contributed by atoms with Crippen LogP contribution in [0.15, 0.2) is 23.3 Å². The molecular formula is C18H33IN4O. The summed E-state index contributed by atoms with van der Waals surface area (Å²) in [6.45, 7) is 8.50. The number of aliphatic imine (C=N–C) groups is 1. The van der Waals surface area contributed by atoms with Crippen LogP contribution in [-0.4, -0.2) is 48.8 Å². The summed E-state index contributed by atoms with van der Waals surface area (Å²) < 4.78 is 7.67. The van der Waals surface area contributed by atoms with Gasteiger partial charge in [0.05, 0.1) is 6.54 Å². The summed E-state index contributed by atoms with van der Waals surface area (Å²) in [5.74, 6) is 0.997. The van der Waals surface area contributed by atoms with Gasteiger partial charge >= 0.3 is 0 Å². The van der Waals surface area contributed by atoms with Crippen molar-refractivity contribution in [1.29, 1.82) is 0 Å². The molecule has 0 radical (unpaired) electrons. The van der Waals surface area contributed by atoms with E-state index in [1.54, 1.807) is 0 Å². The molecule has 0 unspecified atom stereocenters. The van der Waals surface area contributed by atoms with Gasteiger partial charge in [-0.1, -0.05) is 0 Å². The first-order valence-corrected chi connectivity index (χ1v) is 8.77. The Balaban J connectivity index is 0.00000288. The second kappa shape index (κ2) is 10.3. The lowest BCUT2D eigenvalue weighted by molar-refractivity contribution is 0.129. The van der Waals surface area contributed by atoms with Crippen molar-refractivity contribution in [2.75, 3.05) is 33.4 Å². The molecule has 24 heavy (non-hydrogen) atoms. The van der Waals surface area contributed by atoms with Gasteiger partial charge in [0.2, 0.25) is 0 Å². The fourth-order valence-electron chi connectivity index (χ4n) is 2.79. The molecule has 1 aromatic heterocycles. The van der Waals surface area contributed by atoms with Crippen molar-refractivity contribution in [3.8, 4) is 0 Å². The van der Waals surface area contributed by atoms with Gasteiger partial charge in [-0.05, 0) is 50.7 Å². The van der Waals surface area contributed by atoms with Gasteiger partial charge < -0.3 is 19.5 Å². The third-order valence-corrected chi connectivity index (χ3v) is 4.65. The first kappa shape index (κ1) is 21.3. The van der Waals surface area contributed by atoms with Crippen LogP contribution in [0.3, 0.4) is 0 Å². The monoisotopic (exact) mass is 448 g/mol. The average Bonchev–Trinajstić information content (AvgIpc) is 3.19. The zero-order valence-electron chi connectivity index (χ0n) is 15.5. The van der Waals surface area contributed by atoms with Gasteiger partial charge in [0, 0.05) is 52.3 Å². The molecular weight excluding hydrogens is 415 g/mol. The number of ether oxygens (including phenoxy) is 1. The second-order valence-electron chi connectivity index (χ2n) is 6.58. The number of guanidine groups is 1. The van der Waals surface area contributed by atoms with Crippen molar-refractivity contribution in [1.82, 2.24) is 14.8 Å². The Morgan fingerprint density at radius 3 is 2.71 bits per heavy atom. The van der Waals surface area contributed by atoms with E-state index in [0.717, 1.165) is 45.2 Å². The Morgan fingerprint density at radius 2 is 2.17 bits per heavy atom. The maximum atomic E-state index is 5.52. The van der Waals surface area contributed by atoms with E-state index in [2.05, 4.69) is 61.1 Å². The molecule has 6 heteroatoms. The number of nitrogens with one attached hydrogen (secondary N) is 1. The average molecular weight is 448 g/mol. The number of aryl methyl sites for hydroxylation is 1. The lowest BCUT2D eigenvalue weighted by atomic mass is 10.0. The van der Waals surface area contributed by atoms with Gasteiger partial charge in [-0.2, -0.15) is 0 Å². The molecule has 138 valence electrons. The molecule has 1 aliphatic carbocycles. The van der Waals surface area contributed by atoms with Crippen molar-refractivity contribution in [3.05, 3.63) is 24.0 Å². The van der Waals surface area contributed by atoms with Crippen LogP contribution in [0.25, 0.3) is 0 Å². The minimum absolute atomic E-state index is 0. The first-order valence-electron chi connectivity index (χ1n) is 8.77. The van der Waals surface area contributed by atoms with Gasteiger partial charge in [0.15, 0.2) is 5.96 Å². The molecule has 1 saturated carbocycles. The van der Waals surface area contributed by atoms with Crippen LogP contribution in [-0.2, 0) is 18.3 Å². The molecule has 1 heterocycles. The number of rotatable bonds is 9. The summed E-state index contributed by atoms with van der Waals surface area (Å²) in [7, 11) is 4.19. The van der Waals surface area contributed by atoms with Crippen LogP contribution >= 0.6 is 24.0 Å². The molecule has 5 nitrogen and oxygen atoms in total. The van der Waals surface area contributed by atoms with Crippen molar-refractivity contribution >= 4 is 29.9 Å². The molecule has 0 aliphatic heterocycles. The number of nitrogens with zero attached hydrogens (tertiary/aromatic N) is 3. The highest BCUT2D eigenvalue weighted by Gasteiger charge is 2.42. The maximum Gasteiger partial charge on any atom is 0.194 e. The Kier molecular flexibility index (Phi) is 9.12. The molecule has 1 aromatic rings. The van der Waals surface area contributed by atoms with Crippen molar-refractivity contribution in [3.63, 3.8) is 0 Å². The summed E-state index contributed by atoms with van der Waals surface area (Å²) in [5.41, 5.74) is 1.68. The number of halogens is 1. The van der Waals surface area contributed by atoms with Crippen LogP contribution < -0.4 is 5.32 Å². The van der Waals surface area contributed by atoms with Gasteiger partial charge in [0.25, 0.3) is 0 Å². The lowest BCUT2D eigenvalue weighted by Crippen LogP contribution is -2.39. The molecule has 0 spiro atoms. The first-order chi connectivity index (χ1) is 11.1. The van der Waals surface area contributed by atoms with Crippen molar-refractivity contribution < 1.29 is 4.74 Å². The van der Waals surface area contributed by atoms with E-state index < -0.39 is 0 Å². The third-order valence-electron chi connectivity index (χ3n) is 4.65. The fraction of sp³-hybridized carbons (Fsp3) is 0.722. The zero-order chi connectivity index (χ0) is 16.7. The van der Waals surface area contributed by atoms with Gasteiger partial charge in [-0.3, -0.25) is 4.99 Å². The lowest BCUT2D eigenvalue weighted by Gasteiger charge is -2.23. The van der Waals surface area contributed by atoms with E-state index in [4.69, 9.17) is 9.73 Å². The van der Waals surface area contributed by atoms with E-state index >= 15 is 0 Å². The predicted molar refractivity (Wildman–Crippen MR) is 111 cm³/mol. The summed E-state index contributed by atoms with van der Waals surface area (Å²) in [6.07, 6.45) is 5.78. The van der Waals surface area contributed by atoms with E-state index in [0.29, 0.717) is 5.41 Å². The molecule has 1 fully saturated rings. The molecule has 0 saturated heterocycles. The van der Waals surface area contributed by atoms with Gasteiger partial charge in [0.1, 0.15) is 0 Å². The van der Waals surface area contributed by atoms with Crippen LogP contribution in [0.1, 0.15) is 38.8 Å². The summed E-state index contributed by atoms with van der Waals surface area (Å²) in [4.78, 5) is 7.11. The smallest absolute Gasteiger partial charge is 0.194 e. The van der Waals surface area contributed by atoms with E-state index in [1.165, 1.54) is 18.5 Å². The molecule has 1 aliphatic rings. The van der Waals surface area contributed by atoms with Crippen LogP contribution in [0.4, 0.5) is 0 Å². The number of hydrogen-bond donors (Lipinski definition) is 1. The fourth-order valence-corrected chi connectivity index (χ4v) is 2.79. The Morgan fingerprint density at radius 1 is 1.42 bits per heavy atom. The highest BCUT2D eigenvalue weighted by Crippen LogP contribution is 2.49.